The Bertz CT molecular complexity index is 688. The van der Waals surface area contributed by atoms with Gasteiger partial charge in [-0.25, -0.2) is 4.98 Å². The number of benzene rings is 1. The third kappa shape index (κ3) is 1.73. The lowest BCUT2D eigenvalue weighted by atomic mass is 10.2. The van der Waals surface area contributed by atoms with Gasteiger partial charge in [-0.2, -0.15) is 9.61 Å². The highest BCUT2D eigenvalue weighted by atomic mass is 15.4. The van der Waals surface area contributed by atoms with Crippen LogP contribution in [0.25, 0.3) is 17.0 Å². The second-order valence-corrected chi connectivity index (χ2v) is 3.72. The van der Waals surface area contributed by atoms with Gasteiger partial charge in [-0.05, 0) is 6.72 Å². The van der Waals surface area contributed by atoms with Crippen molar-refractivity contribution in [2.75, 3.05) is 0 Å². The Labute approximate surface area is 103 Å². The molecule has 3 rings (SSSR count). The van der Waals surface area contributed by atoms with Crippen molar-refractivity contribution in [3.63, 3.8) is 0 Å². The molecule has 0 radical (unpaired) electrons. The zero-order chi connectivity index (χ0) is 12.4. The summed E-state index contributed by atoms with van der Waals surface area (Å²) in [4.78, 5) is 8.01. The van der Waals surface area contributed by atoms with Gasteiger partial charge in [-0.3, -0.25) is 4.99 Å². The monoisotopic (exact) mass is 238 g/mol. The molecule has 0 aliphatic heterocycles. The molecule has 0 saturated carbocycles. The highest BCUT2D eigenvalue weighted by Crippen LogP contribution is 2.15. The van der Waals surface area contributed by atoms with E-state index in [2.05, 4.69) is 32.0 Å². The first-order valence-corrected chi connectivity index (χ1v) is 5.44. The molecule has 0 spiro atoms. The molecular formula is C12H10N6. The molecule has 0 atom stereocenters. The van der Waals surface area contributed by atoms with Gasteiger partial charge in [-0.15, -0.1) is 10.2 Å². The van der Waals surface area contributed by atoms with Crippen molar-refractivity contribution >= 4 is 12.5 Å². The molecule has 0 saturated heterocycles. The topological polar surface area (TPSA) is 68.3 Å². The number of aliphatic imine (C=N–C) groups is 1. The van der Waals surface area contributed by atoms with E-state index in [0.29, 0.717) is 18.1 Å². The molecule has 0 bridgehead atoms. The van der Waals surface area contributed by atoms with E-state index in [1.807, 2.05) is 30.3 Å². The maximum Gasteiger partial charge on any atom is 0.272 e. The fourth-order valence-corrected chi connectivity index (χ4v) is 1.68. The summed E-state index contributed by atoms with van der Waals surface area (Å²) in [7, 11) is 0. The Hall–Kier alpha value is -2.63. The van der Waals surface area contributed by atoms with Gasteiger partial charge in [-0.1, -0.05) is 30.3 Å². The van der Waals surface area contributed by atoms with Crippen molar-refractivity contribution in [3.8, 4) is 11.3 Å². The van der Waals surface area contributed by atoms with Gasteiger partial charge in [0.15, 0.2) is 5.82 Å². The molecule has 0 aliphatic rings. The first-order chi connectivity index (χ1) is 8.88. The van der Waals surface area contributed by atoms with Crippen LogP contribution < -0.4 is 0 Å². The fourth-order valence-electron chi connectivity index (χ4n) is 1.68. The summed E-state index contributed by atoms with van der Waals surface area (Å²) in [6, 6.07) is 9.83. The predicted octanol–water partition coefficient (Wildman–Crippen LogP) is 1.39. The van der Waals surface area contributed by atoms with Gasteiger partial charge < -0.3 is 0 Å². The zero-order valence-corrected chi connectivity index (χ0v) is 9.56. The van der Waals surface area contributed by atoms with E-state index in [9.17, 15) is 0 Å². The quantitative estimate of drug-likeness (QED) is 0.646. The summed E-state index contributed by atoms with van der Waals surface area (Å²) in [6.45, 7) is 3.81. The third-order valence-corrected chi connectivity index (χ3v) is 2.52. The normalized spacial score (nSPS) is 10.7. The molecule has 0 N–H and O–H groups in total. The molecule has 6 nitrogen and oxygen atoms in total. The van der Waals surface area contributed by atoms with Crippen LogP contribution in [0.2, 0.25) is 0 Å². The van der Waals surface area contributed by atoms with E-state index in [1.54, 1.807) is 10.7 Å². The Morgan fingerprint density at radius 1 is 1.17 bits per heavy atom. The molecule has 88 valence electrons. The first-order valence-electron chi connectivity index (χ1n) is 5.44. The average molecular weight is 238 g/mol. The molecule has 6 heteroatoms. The van der Waals surface area contributed by atoms with Crippen molar-refractivity contribution in [2.24, 2.45) is 4.99 Å². The Kier molecular flexibility index (Phi) is 2.53. The van der Waals surface area contributed by atoms with E-state index in [-0.39, 0.29) is 0 Å². The van der Waals surface area contributed by atoms with E-state index < -0.39 is 0 Å². The van der Waals surface area contributed by atoms with Crippen LogP contribution in [0.1, 0.15) is 5.82 Å². The number of nitrogens with zero attached hydrogens (tertiary/aromatic N) is 6. The second kappa shape index (κ2) is 4.33. The average Bonchev–Trinajstić information content (AvgIpc) is 2.83. The zero-order valence-electron chi connectivity index (χ0n) is 9.56. The van der Waals surface area contributed by atoms with Gasteiger partial charge in [0.25, 0.3) is 5.78 Å². The molecule has 3 aromatic rings. The lowest BCUT2D eigenvalue weighted by Crippen LogP contribution is -2.01. The van der Waals surface area contributed by atoms with Crippen molar-refractivity contribution < 1.29 is 0 Å². The van der Waals surface area contributed by atoms with E-state index in [4.69, 9.17) is 0 Å². The Morgan fingerprint density at radius 2 is 2.00 bits per heavy atom. The molecule has 1 aromatic carbocycles. The van der Waals surface area contributed by atoms with Crippen LogP contribution in [0.4, 0.5) is 0 Å². The minimum Gasteiger partial charge on any atom is -0.293 e. The molecule has 18 heavy (non-hydrogen) atoms. The van der Waals surface area contributed by atoms with Crippen LogP contribution in [0.5, 0.6) is 0 Å². The van der Waals surface area contributed by atoms with E-state index in [1.165, 1.54) is 0 Å². The van der Waals surface area contributed by atoms with Crippen LogP contribution in [0.15, 0.2) is 41.5 Å². The molecular weight excluding hydrogens is 228 g/mol. The van der Waals surface area contributed by atoms with E-state index in [0.717, 1.165) is 11.3 Å². The first kappa shape index (κ1) is 10.5. The molecule has 0 unspecified atom stereocenters. The summed E-state index contributed by atoms with van der Waals surface area (Å²) in [6.07, 6.45) is 1.68. The summed E-state index contributed by atoms with van der Waals surface area (Å²) >= 11 is 0. The highest BCUT2D eigenvalue weighted by Gasteiger charge is 2.08. The van der Waals surface area contributed by atoms with Crippen molar-refractivity contribution in [1.82, 2.24) is 24.8 Å². The summed E-state index contributed by atoms with van der Waals surface area (Å²) < 4.78 is 1.59. The largest absolute Gasteiger partial charge is 0.293 e. The van der Waals surface area contributed by atoms with Crippen LogP contribution in [0, 0.1) is 0 Å². The van der Waals surface area contributed by atoms with E-state index >= 15 is 0 Å². The number of hydrogen-bond donors (Lipinski definition) is 0. The van der Waals surface area contributed by atoms with Crippen molar-refractivity contribution in [3.05, 3.63) is 42.4 Å². The van der Waals surface area contributed by atoms with Gasteiger partial charge >= 0.3 is 0 Å². The van der Waals surface area contributed by atoms with Crippen LogP contribution in [-0.4, -0.2) is 31.5 Å². The minimum atomic E-state index is 0.369. The Balaban J connectivity index is 2.15. The fraction of sp³-hybridized carbons (Fsp3) is 0.0833. The number of aromatic nitrogens is 5. The molecule has 0 amide bonds. The van der Waals surface area contributed by atoms with Crippen molar-refractivity contribution in [2.45, 2.75) is 6.54 Å². The summed E-state index contributed by atoms with van der Waals surface area (Å²) in [5.41, 5.74) is 1.77. The van der Waals surface area contributed by atoms with Gasteiger partial charge in [0, 0.05) is 5.56 Å². The number of hydrogen-bond acceptors (Lipinski definition) is 5. The number of rotatable bonds is 3. The van der Waals surface area contributed by atoms with Crippen LogP contribution in [0.3, 0.4) is 0 Å². The lowest BCUT2D eigenvalue weighted by Gasteiger charge is -2.01. The van der Waals surface area contributed by atoms with Gasteiger partial charge in [0.2, 0.25) is 0 Å². The smallest absolute Gasteiger partial charge is 0.272 e. The summed E-state index contributed by atoms with van der Waals surface area (Å²) in [5, 5.41) is 12.4. The van der Waals surface area contributed by atoms with Gasteiger partial charge in [0.1, 0.15) is 12.2 Å². The van der Waals surface area contributed by atoms with Crippen molar-refractivity contribution in [1.29, 1.82) is 0 Å². The minimum absolute atomic E-state index is 0.369. The third-order valence-electron chi connectivity index (χ3n) is 2.52. The Morgan fingerprint density at radius 3 is 2.78 bits per heavy atom. The summed E-state index contributed by atoms with van der Waals surface area (Å²) in [5.74, 6) is 1.10. The number of fused-ring (bicyclic) bond motifs is 1. The molecule has 2 heterocycles. The molecule has 2 aromatic heterocycles. The second-order valence-electron chi connectivity index (χ2n) is 3.72. The van der Waals surface area contributed by atoms with Crippen LogP contribution >= 0.6 is 0 Å². The predicted molar refractivity (Wildman–Crippen MR) is 67.3 cm³/mol. The van der Waals surface area contributed by atoms with Crippen LogP contribution in [-0.2, 0) is 6.54 Å². The maximum absolute atomic E-state index is 4.47. The van der Waals surface area contributed by atoms with Gasteiger partial charge in [0.05, 0.1) is 6.20 Å². The SMILES string of the molecule is C=NCc1nnc2ncc(-c3ccccc3)nn12. The highest BCUT2D eigenvalue weighted by molar-refractivity contribution is 5.57. The standard InChI is InChI=1S/C12H10N6/c1-13-8-11-15-16-12-14-7-10(17-18(11)12)9-5-3-2-4-6-9/h2-7H,1,8H2. The maximum atomic E-state index is 4.47. The molecule has 0 fully saturated rings. The molecule has 0 aliphatic carbocycles. The lowest BCUT2D eigenvalue weighted by molar-refractivity contribution is 0.806.